The van der Waals surface area contributed by atoms with E-state index in [4.69, 9.17) is 0 Å². The van der Waals surface area contributed by atoms with Gasteiger partial charge in [0.05, 0.1) is 5.54 Å². The van der Waals surface area contributed by atoms with Crippen LogP contribution in [0.5, 0.6) is 0 Å². The lowest BCUT2D eigenvalue weighted by atomic mass is 9.98. The van der Waals surface area contributed by atoms with Crippen molar-refractivity contribution in [1.29, 1.82) is 0 Å². The Balaban J connectivity index is 1.76. The zero-order valence-corrected chi connectivity index (χ0v) is 12.9. The largest absolute Gasteiger partial charge is 0.385 e. The van der Waals surface area contributed by atoms with Gasteiger partial charge in [-0.05, 0) is 37.8 Å². The van der Waals surface area contributed by atoms with Crippen LogP contribution in [-0.4, -0.2) is 11.5 Å². The molecule has 0 radical (unpaired) electrons. The molecule has 0 spiro atoms. The second kappa shape index (κ2) is 5.54. The van der Waals surface area contributed by atoms with E-state index >= 15 is 0 Å². The fourth-order valence-electron chi connectivity index (χ4n) is 2.65. The molecule has 0 bridgehead atoms. The van der Waals surface area contributed by atoms with Crippen molar-refractivity contribution in [2.75, 3.05) is 11.9 Å². The number of aromatic nitrogens is 1. The molecule has 4 heteroatoms. The normalized spacial score (nSPS) is 14.7. The predicted molar refractivity (Wildman–Crippen MR) is 85.2 cm³/mol. The molecule has 0 saturated heterocycles. The Labute approximate surface area is 124 Å². The Hall–Kier alpha value is -1.39. The minimum absolute atomic E-state index is 0.0917. The number of nitrogens with zero attached hydrogens (tertiary/aromatic N) is 1. The minimum Gasteiger partial charge on any atom is -0.385 e. The summed E-state index contributed by atoms with van der Waals surface area (Å²) < 4.78 is 0. The molecule has 3 rings (SSSR count). The highest BCUT2D eigenvalue weighted by Gasteiger charge is 2.23. The number of hydrogen-bond acceptors (Lipinski definition) is 4. The van der Waals surface area contributed by atoms with E-state index in [0.29, 0.717) is 0 Å². The Morgan fingerprint density at radius 3 is 3.10 bits per heavy atom. The Kier molecular flexibility index (Phi) is 3.76. The fourth-order valence-corrected chi connectivity index (χ4v) is 3.39. The van der Waals surface area contributed by atoms with Crippen LogP contribution in [0.2, 0.25) is 0 Å². The first-order chi connectivity index (χ1) is 9.67. The van der Waals surface area contributed by atoms with Crippen LogP contribution in [-0.2, 0) is 18.5 Å². The lowest BCUT2D eigenvalue weighted by molar-refractivity contribution is 0.399. The van der Waals surface area contributed by atoms with Gasteiger partial charge in [0.25, 0.3) is 0 Å². The molecule has 2 heterocycles. The lowest BCUT2D eigenvalue weighted by Crippen LogP contribution is -2.36. The highest BCUT2D eigenvalue weighted by Crippen LogP contribution is 2.28. The van der Waals surface area contributed by atoms with Gasteiger partial charge in [0.15, 0.2) is 0 Å². The van der Waals surface area contributed by atoms with Gasteiger partial charge in [-0.3, -0.25) is 0 Å². The van der Waals surface area contributed by atoms with Gasteiger partial charge < -0.3 is 10.6 Å². The van der Waals surface area contributed by atoms with E-state index in [1.807, 2.05) is 11.6 Å². The minimum atomic E-state index is -0.0917. The number of fused-ring (bicyclic) bond motifs is 1. The van der Waals surface area contributed by atoms with Gasteiger partial charge >= 0.3 is 0 Å². The third-order valence-electron chi connectivity index (χ3n) is 3.85. The first-order valence-electron chi connectivity index (χ1n) is 7.16. The third-order valence-corrected chi connectivity index (χ3v) is 4.95. The SMILES string of the molecule is CC(C)(NCc1cccc2c1NCCC2)c1nccs1. The smallest absolute Gasteiger partial charge is 0.112 e. The summed E-state index contributed by atoms with van der Waals surface area (Å²) in [7, 11) is 0. The van der Waals surface area contributed by atoms with Gasteiger partial charge in [0, 0.05) is 30.4 Å². The molecule has 0 fully saturated rings. The van der Waals surface area contributed by atoms with Crippen molar-refractivity contribution in [1.82, 2.24) is 10.3 Å². The average Bonchev–Trinajstić information content (AvgIpc) is 3.00. The van der Waals surface area contributed by atoms with E-state index in [-0.39, 0.29) is 5.54 Å². The molecule has 1 aliphatic heterocycles. The molecule has 1 aromatic carbocycles. The number of nitrogens with one attached hydrogen (secondary N) is 2. The summed E-state index contributed by atoms with van der Waals surface area (Å²) in [6, 6.07) is 6.61. The molecule has 0 aliphatic carbocycles. The van der Waals surface area contributed by atoms with Crippen LogP contribution in [0.15, 0.2) is 29.8 Å². The van der Waals surface area contributed by atoms with Crippen molar-refractivity contribution in [2.45, 2.75) is 38.8 Å². The summed E-state index contributed by atoms with van der Waals surface area (Å²) in [6.07, 6.45) is 4.29. The molecule has 2 N–H and O–H groups in total. The standard InChI is InChI=1S/C16H21N3S/c1-16(2,15-18-9-10-20-15)19-11-13-6-3-5-12-7-4-8-17-14(12)13/h3,5-6,9-10,17,19H,4,7-8,11H2,1-2H3. The number of hydrogen-bond donors (Lipinski definition) is 2. The van der Waals surface area contributed by atoms with Crippen LogP contribution in [0.4, 0.5) is 5.69 Å². The Morgan fingerprint density at radius 2 is 2.30 bits per heavy atom. The Morgan fingerprint density at radius 1 is 1.40 bits per heavy atom. The van der Waals surface area contributed by atoms with E-state index in [1.54, 1.807) is 11.3 Å². The van der Waals surface area contributed by atoms with Crippen molar-refractivity contribution in [3.8, 4) is 0 Å². The summed E-state index contributed by atoms with van der Waals surface area (Å²) in [5, 5.41) is 10.4. The second-order valence-corrected chi connectivity index (χ2v) is 6.69. The molecule has 0 atom stereocenters. The fraction of sp³-hybridized carbons (Fsp3) is 0.438. The summed E-state index contributed by atoms with van der Waals surface area (Å²) >= 11 is 1.70. The summed E-state index contributed by atoms with van der Waals surface area (Å²) in [5.41, 5.74) is 4.04. The van der Waals surface area contributed by atoms with Gasteiger partial charge in [-0.1, -0.05) is 18.2 Å². The zero-order valence-electron chi connectivity index (χ0n) is 12.1. The van der Waals surface area contributed by atoms with Gasteiger partial charge in [0.1, 0.15) is 5.01 Å². The molecule has 20 heavy (non-hydrogen) atoms. The first-order valence-corrected chi connectivity index (χ1v) is 8.04. The van der Waals surface area contributed by atoms with E-state index < -0.39 is 0 Å². The number of thiazole rings is 1. The van der Waals surface area contributed by atoms with Crippen LogP contribution in [0.1, 0.15) is 36.4 Å². The van der Waals surface area contributed by atoms with Crippen LogP contribution >= 0.6 is 11.3 Å². The van der Waals surface area contributed by atoms with Gasteiger partial charge in [-0.2, -0.15) is 0 Å². The van der Waals surface area contributed by atoms with E-state index in [1.165, 1.54) is 29.7 Å². The molecule has 3 nitrogen and oxygen atoms in total. The number of benzene rings is 1. The van der Waals surface area contributed by atoms with Crippen LogP contribution < -0.4 is 10.6 Å². The van der Waals surface area contributed by atoms with E-state index in [9.17, 15) is 0 Å². The summed E-state index contributed by atoms with van der Waals surface area (Å²) in [6.45, 7) is 6.33. The summed E-state index contributed by atoms with van der Waals surface area (Å²) in [4.78, 5) is 4.43. The van der Waals surface area contributed by atoms with Crippen molar-refractivity contribution >= 4 is 17.0 Å². The Bertz CT molecular complexity index is 575. The number of aryl methyl sites for hydroxylation is 1. The molecule has 1 aromatic heterocycles. The van der Waals surface area contributed by atoms with E-state index in [0.717, 1.165) is 18.1 Å². The molecule has 0 unspecified atom stereocenters. The topological polar surface area (TPSA) is 37.0 Å². The average molecular weight is 287 g/mol. The van der Waals surface area contributed by atoms with Crippen molar-refractivity contribution in [3.05, 3.63) is 45.9 Å². The predicted octanol–water partition coefficient (Wildman–Crippen LogP) is 3.53. The molecule has 1 aliphatic rings. The van der Waals surface area contributed by atoms with Crippen molar-refractivity contribution in [3.63, 3.8) is 0 Å². The van der Waals surface area contributed by atoms with Crippen LogP contribution in [0, 0.1) is 0 Å². The third kappa shape index (κ3) is 2.72. The maximum absolute atomic E-state index is 4.43. The van der Waals surface area contributed by atoms with Crippen molar-refractivity contribution < 1.29 is 0 Å². The van der Waals surface area contributed by atoms with E-state index in [2.05, 4.69) is 47.7 Å². The van der Waals surface area contributed by atoms with Crippen LogP contribution in [0.25, 0.3) is 0 Å². The number of rotatable bonds is 4. The maximum Gasteiger partial charge on any atom is 0.112 e. The monoisotopic (exact) mass is 287 g/mol. The molecule has 0 amide bonds. The van der Waals surface area contributed by atoms with Crippen LogP contribution in [0.3, 0.4) is 0 Å². The molecule has 106 valence electrons. The van der Waals surface area contributed by atoms with Gasteiger partial charge in [-0.15, -0.1) is 11.3 Å². The lowest BCUT2D eigenvalue weighted by Gasteiger charge is -2.26. The molecular formula is C16H21N3S. The number of para-hydroxylation sites is 1. The molecular weight excluding hydrogens is 266 g/mol. The molecule has 2 aromatic rings. The number of anilines is 1. The summed E-state index contributed by atoms with van der Waals surface area (Å²) in [5.74, 6) is 0. The first kappa shape index (κ1) is 13.6. The molecule has 0 saturated carbocycles. The second-order valence-electron chi connectivity index (χ2n) is 5.80. The van der Waals surface area contributed by atoms with Gasteiger partial charge in [0.2, 0.25) is 0 Å². The van der Waals surface area contributed by atoms with Crippen molar-refractivity contribution in [2.24, 2.45) is 0 Å². The quantitative estimate of drug-likeness (QED) is 0.903. The maximum atomic E-state index is 4.43. The van der Waals surface area contributed by atoms with Gasteiger partial charge in [-0.25, -0.2) is 4.98 Å². The zero-order chi connectivity index (χ0) is 14.0. The highest BCUT2D eigenvalue weighted by molar-refractivity contribution is 7.09. The highest BCUT2D eigenvalue weighted by atomic mass is 32.1.